The highest BCUT2D eigenvalue weighted by molar-refractivity contribution is 6.04. The number of para-hydroxylation sites is 1. The number of nitrogens with one attached hydrogen (secondary N) is 1. The van der Waals surface area contributed by atoms with E-state index in [0.717, 1.165) is 17.0 Å². The second kappa shape index (κ2) is 9.63. The van der Waals surface area contributed by atoms with E-state index in [0.29, 0.717) is 46.7 Å². The van der Waals surface area contributed by atoms with Crippen LogP contribution in [0.3, 0.4) is 0 Å². The number of hydrogen-bond donors (Lipinski definition) is 1. The van der Waals surface area contributed by atoms with Gasteiger partial charge in [0.1, 0.15) is 5.75 Å². The molecule has 0 radical (unpaired) electrons. The zero-order chi connectivity index (χ0) is 24.4. The number of methoxy groups -OCH3 is 4. The van der Waals surface area contributed by atoms with E-state index in [1.165, 1.54) is 7.11 Å². The van der Waals surface area contributed by atoms with E-state index < -0.39 is 11.9 Å². The highest BCUT2D eigenvalue weighted by Gasteiger charge is 2.42. The van der Waals surface area contributed by atoms with Crippen molar-refractivity contribution in [1.82, 2.24) is 5.32 Å². The first-order valence-corrected chi connectivity index (χ1v) is 11.1. The van der Waals surface area contributed by atoms with Crippen molar-refractivity contribution in [3.63, 3.8) is 0 Å². The lowest BCUT2D eigenvalue weighted by atomic mass is 9.71. The van der Waals surface area contributed by atoms with E-state index in [9.17, 15) is 9.59 Å². The van der Waals surface area contributed by atoms with Crippen molar-refractivity contribution in [2.45, 2.75) is 31.6 Å². The Hall–Kier alpha value is -3.74. The average molecular weight is 464 g/mol. The van der Waals surface area contributed by atoms with Crippen LogP contribution < -0.4 is 19.5 Å². The summed E-state index contributed by atoms with van der Waals surface area (Å²) in [6.45, 7) is 1.83. The number of Topliss-reactive ketones (excluding diaryl/α,β-unsaturated/α-hetero) is 1. The SMILES string of the molecule is COC(=O)C1=C(C)NC2=C(C(=O)C[C@@H](c3ccc(OC)cc3)C2)[C@H]1c1cccc(OC)c1OC. The molecule has 2 aromatic rings. The molecule has 1 aliphatic carbocycles. The zero-order valence-corrected chi connectivity index (χ0v) is 20.1. The zero-order valence-electron chi connectivity index (χ0n) is 20.1. The summed E-state index contributed by atoms with van der Waals surface area (Å²) in [4.78, 5) is 26.6. The molecule has 1 aliphatic heterocycles. The summed E-state index contributed by atoms with van der Waals surface area (Å²) < 4.78 is 21.5. The molecule has 0 saturated heterocycles. The van der Waals surface area contributed by atoms with Crippen molar-refractivity contribution in [2.24, 2.45) is 0 Å². The van der Waals surface area contributed by atoms with Crippen LogP contribution in [0.5, 0.6) is 17.2 Å². The lowest BCUT2D eigenvalue weighted by Gasteiger charge is -2.37. The lowest BCUT2D eigenvalue weighted by Crippen LogP contribution is -2.36. The number of ketones is 1. The molecule has 0 fully saturated rings. The number of dihydropyridines is 1. The molecule has 1 N–H and O–H groups in total. The number of benzene rings is 2. The number of rotatable bonds is 6. The van der Waals surface area contributed by atoms with Crippen molar-refractivity contribution in [3.05, 3.63) is 76.1 Å². The minimum absolute atomic E-state index is 0.0154. The van der Waals surface area contributed by atoms with Crippen LogP contribution in [0.15, 0.2) is 65.0 Å². The Bertz CT molecular complexity index is 1180. The summed E-state index contributed by atoms with van der Waals surface area (Å²) >= 11 is 0. The maximum absolute atomic E-state index is 13.7. The maximum atomic E-state index is 13.7. The molecule has 1 heterocycles. The monoisotopic (exact) mass is 463 g/mol. The standard InChI is InChI=1S/C27H29NO6/c1-15-23(27(30)34-5)24(19-7-6-8-22(32-3)26(19)33-4)25-20(28-15)13-17(14-21(25)29)16-9-11-18(31-2)12-10-16/h6-12,17,24,28H,13-14H2,1-5H3/t17-,24-/m0/s1. The van der Waals surface area contributed by atoms with Crippen molar-refractivity contribution < 1.29 is 28.5 Å². The number of carbonyl (C=O) groups excluding carboxylic acids is 2. The molecule has 0 unspecified atom stereocenters. The third-order valence-corrected chi connectivity index (χ3v) is 6.56. The summed E-state index contributed by atoms with van der Waals surface area (Å²) in [5.41, 5.74) is 4.19. The van der Waals surface area contributed by atoms with Crippen LogP contribution in [0.2, 0.25) is 0 Å². The molecule has 4 rings (SSSR count). The highest BCUT2D eigenvalue weighted by atomic mass is 16.5. The molecule has 34 heavy (non-hydrogen) atoms. The number of hydrogen-bond acceptors (Lipinski definition) is 7. The summed E-state index contributed by atoms with van der Waals surface area (Å²) in [6.07, 6.45) is 0.977. The molecule has 7 nitrogen and oxygen atoms in total. The van der Waals surface area contributed by atoms with Crippen LogP contribution in [0, 0.1) is 0 Å². The van der Waals surface area contributed by atoms with Crippen LogP contribution in [-0.4, -0.2) is 40.2 Å². The first-order chi connectivity index (χ1) is 16.4. The van der Waals surface area contributed by atoms with E-state index in [-0.39, 0.29) is 11.7 Å². The van der Waals surface area contributed by atoms with Gasteiger partial charge in [0.15, 0.2) is 17.3 Å². The van der Waals surface area contributed by atoms with Gasteiger partial charge in [-0.1, -0.05) is 24.3 Å². The topological polar surface area (TPSA) is 83.1 Å². The van der Waals surface area contributed by atoms with Gasteiger partial charge >= 0.3 is 5.97 Å². The molecule has 2 atom stereocenters. The van der Waals surface area contributed by atoms with Crippen LogP contribution in [0.4, 0.5) is 0 Å². The Morgan fingerprint density at radius 3 is 2.29 bits per heavy atom. The lowest BCUT2D eigenvalue weighted by molar-refractivity contribution is -0.136. The Kier molecular flexibility index (Phi) is 6.63. The Morgan fingerprint density at radius 1 is 0.941 bits per heavy atom. The Morgan fingerprint density at radius 2 is 1.68 bits per heavy atom. The molecule has 0 saturated carbocycles. The fraction of sp³-hybridized carbons (Fsp3) is 0.333. The second-order valence-electron chi connectivity index (χ2n) is 8.36. The molecular formula is C27H29NO6. The highest BCUT2D eigenvalue weighted by Crippen LogP contribution is 2.49. The largest absolute Gasteiger partial charge is 0.497 e. The molecule has 0 bridgehead atoms. The Balaban J connectivity index is 1.84. The van der Waals surface area contributed by atoms with Crippen LogP contribution in [0.1, 0.15) is 42.7 Å². The fourth-order valence-corrected chi connectivity index (χ4v) is 4.98. The maximum Gasteiger partial charge on any atom is 0.336 e. The van der Waals surface area contributed by atoms with Gasteiger partial charge in [-0.2, -0.15) is 0 Å². The van der Waals surface area contributed by atoms with E-state index in [4.69, 9.17) is 18.9 Å². The quantitative estimate of drug-likeness (QED) is 0.642. The second-order valence-corrected chi connectivity index (χ2v) is 8.36. The molecule has 2 aromatic carbocycles. The minimum atomic E-state index is -0.627. The molecule has 0 spiro atoms. The summed E-state index contributed by atoms with van der Waals surface area (Å²) in [5.74, 6) is 0.677. The molecule has 7 heteroatoms. The van der Waals surface area contributed by atoms with E-state index >= 15 is 0 Å². The predicted molar refractivity (Wildman–Crippen MR) is 127 cm³/mol. The predicted octanol–water partition coefficient (Wildman–Crippen LogP) is 4.25. The van der Waals surface area contributed by atoms with Gasteiger partial charge in [-0.25, -0.2) is 4.79 Å². The minimum Gasteiger partial charge on any atom is -0.497 e. The molecule has 0 amide bonds. The van der Waals surface area contributed by atoms with Gasteiger partial charge in [0.2, 0.25) is 0 Å². The molecule has 2 aliphatic rings. The van der Waals surface area contributed by atoms with Crippen LogP contribution in [0.25, 0.3) is 0 Å². The fourth-order valence-electron chi connectivity index (χ4n) is 4.98. The number of ether oxygens (including phenoxy) is 4. The number of esters is 1. The van der Waals surface area contributed by atoms with E-state index in [1.807, 2.05) is 43.3 Å². The van der Waals surface area contributed by atoms with Crippen molar-refractivity contribution in [2.75, 3.05) is 28.4 Å². The number of allylic oxidation sites excluding steroid dienone is 3. The smallest absolute Gasteiger partial charge is 0.336 e. The average Bonchev–Trinajstić information content (AvgIpc) is 2.86. The Labute approximate surface area is 199 Å². The third kappa shape index (κ3) is 4.02. The first kappa shape index (κ1) is 23.4. The molecule has 178 valence electrons. The third-order valence-electron chi connectivity index (χ3n) is 6.56. The van der Waals surface area contributed by atoms with Gasteiger partial charge in [-0.3, -0.25) is 4.79 Å². The summed E-state index contributed by atoms with van der Waals surface area (Å²) in [7, 11) is 6.08. The van der Waals surface area contributed by atoms with Gasteiger partial charge < -0.3 is 24.3 Å². The van der Waals surface area contributed by atoms with Crippen molar-refractivity contribution in [3.8, 4) is 17.2 Å². The van der Waals surface area contributed by atoms with Crippen molar-refractivity contribution >= 4 is 11.8 Å². The van der Waals surface area contributed by atoms with Crippen LogP contribution >= 0.6 is 0 Å². The molecular weight excluding hydrogens is 434 g/mol. The molecule has 0 aromatic heterocycles. The van der Waals surface area contributed by atoms with E-state index in [1.54, 1.807) is 27.4 Å². The normalized spacial score (nSPS) is 19.9. The van der Waals surface area contributed by atoms with Crippen LogP contribution in [-0.2, 0) is 14.3 Å². The summed E-state index contributed by atoms with van der Waals surface area (Å²) in [6, 6.07) is 13.3. The van der Waals surface area contributed by atoms with Gasteiger partial charge in [0.05, 0.1) is 39.9 Å². The van der Waals surface area contributed by atoms with E-state index in [2.05, 4.69) is 5.32 Å². The van der Waals surface area contributed by atoms with Gasteiger partial charge in [0.25, 0.3) is 0 Å². The number of carbonyl (C=O) groups is 2. The van der Waals surface area contributed by atoms with Gasteiger partial charge in [0, 0.05) is 29.0 Å². The first-order valence-electron chi connectivity index (χ1n) is 11.1. The summed E-state index contributed by atoms with van der Waals surface area (Å²) in [5, 5.41) is 3.34. The van der Waals surface area contributed by atoms with Crippen molar-refractivity contribution in [1.29, 1.82) is 0 Å². The van der Waals surface area contributed by atoms with Gasteiger partial charge in [-0.05, 0) is 43.0 Å². The van der Waals surface area contributed by atoms with Gasteiger partial charge in [-0.15, -0.1) is 0 Å².